The first kappa shape index (κ1) is 12.5. The van der Waals surface area contributed by atoms with Crippen molar-refractivity contribution < 1.29 is 4.42 Å². The Balaban J connectivity index is 1.74. The van der Waals surface area contributed by atoms with Crippen molar-refractivity contribution in [3.05, 3.63) is 24.1 Å². The first-order valence-electron chi connectivity index (χ1n) is 7.19. The van der Waals surface area contributed by atoms with Crippen LogP contribution in [0.15, 0.2) is 22.6 Å². The van der Waals surface area contributed by atoms with Crippen LogP contribution in [0.5, 0.6) is 0 Å². The smallest absolute Gasteiger partial charge is 0.209 e. The minimum atomic E-state index is 0.695. The molecular formula is C15H21N3O. The Bertz CT molecular complexity index is 541. The van der Waals surface area contributed by atoms with E-state index in [2.05, 4.69) is 9.88 Å². The van der Waals surface area contributed by atoms with Crippen molar-refractivity contribution in [3.8, 4) is 0 Å². The molecule has 2 aromatic rings. The van der Waals surface area contributed by atoms with Crippen molar-refractivity contribution in [2.24, 2.45) is 0 Å². The van der Waals surface area contributed by atoms with Crippen LogP contribution in [-0.4, -0.2) is 23.0 Å². The second kappa shape index (κ2) is 5.61. The monoisotopic (exact) mass is 259 g/mol. The van der Waals surface area contributed by atoms with Gasteiger partial charge in [0.2, 0.25) is 5.89 Å². The minimum absolute atomic E-state index is 0.695. The summed E-state index contributed by atoms with van der Waals surface area (Å²) in [7, 11) is 0. The highest BCUT2D eigenvalue weighted by molar-refractivity contribution is 5.85. The molecule has 2 N–H and O–H groups in total. The molecule has 4 nitrogen and oxygen atoms in total. The van der Waals surface area contributed by atoms with Crippen LogP contribution in [-0.2, 0) is 6.54 Å². The molecule has 0 saturated carbocycles. The Labute approximate surface area is 113 Å². The average molecular weight is 259 g/mol. The highest BCUT2D eigenvalue weighted by atomic mass is 16.3. The summed E-state index contributed by atoms with van der Waals surface area (Å²) in [5, 5.41) is 0. The third kappa shape index (κ3) is 2.89. The standard InChI is InChI=1S/C15H21N3O/c16-12-7-6-8-13-15(12)17-14(19-13)11-18-9-4-2-1-3-5-10-18/h6-8H,1-5,9-11,16H2. The highest BCUT2D eigenvalue weighted by Crippen LogP contribution is 2.22. The minimum Gasteiger partial charge on any atom is -0.439 e. The van der Waals surface area contributed by atoms with Crippen molar-refractivity contribution >= 4 is 16.8 Å². The van der Waals surface area contributed by atoms with Crippen LogP contribution >= 0.6 is 0 Å². The molecule has 1 saturated heterocycles. The van der Waals surface area contributed by atoms with Crippen LogP contribution in [0.25, 0.3) is 11.1 Å². The maximum Gasteiger partial charge on any atom is 0.209 e. The summed E-state index contributed by atoms with van der Waals surface area (Å²) in [4.78, 5) is 6.97. The molecule has 3 rings (SSSR count). The summed E-state index contributed by atoms with van der Waals surface area (Å²) < 4.78 is 5.79. The molecule has 0 radical (unpaired) electrons. The van der Waals surface area contributed by atoms with Crippen molar-refractivity contribution in [2.45, 2.75) is 38.6 Å². The molecule has 1 aliphatic rings. The fraction of sp³-hybridized carbons (Fsp3) is 0.533. The van der Waals surface area contributed by atoms with Crippen molar-refractivity contribution in [1.29, 1.82) is 0 Å². The van der Waals surface area contributed by atoms with Crippen LogP contribution in [0.4, 0.5) is 5.69 Å². The van der Waals surface area contributed by atoms with E-state index in [1.807, 2.05) is 18.2 Å². The molecular weight excluding hydrogens is 238 g/mol. The van der Waals surface area contributed by atoms with Gasteiger partial charge in [-0.15, -0.1) is 0 Å². The lowest BCUT2D eigenvalue weighted by Gasteiger charge is -2.22. The van der Waals surface area contributed by atoms with E-state index in [0.29, 0.717) is 5.69 Å². The summed E-state index contributed by atoms with van der Waals surface area (Å²) in [6.07, 6.45) is 6.63. The van der Waals surface area contributed by atoms with Gasteiger partial charge in [0, 0.05) is 0 Å². The van der Waals surface area contributed by atoms with Gasteiger partial charge < -0.3 is 10.2 Å². The molecule has 0 atom stereocenters. The van der Waals surface area contributed by atoms with Crippen LogP contribution < -0.4 is 5.73 Å². The molecule has 0 unspecified atom stereocenters. The molecule has 0 amide bonds. The molecule has 1 fully saturated rings. The molecule has 0 aliphatic carbocycles. The zero-order chi connectivity index (χ0) is 13.1. The van der Waals surface area contributed by atoms with Crippen LogP contribution in [0, 0.1) is 0 Å². The van der Waals surface area contributed by atoms with Gasteiger partial charge in [0.25, 0.3) is 0 Å². The lowest BCUT2D eigenvalue weighted by atomic mass is 10.1. The number of hydrogen-bond donors (Lipinski definition) is 1. The number of likely N-dealkylation sites (tertiary alicyclic amines) is 1. The topological polar surface area (TPSA) is 55.3 Å². The number of hydrogen-bond acceptors (Lipinski definition) is 4. The summed E-state index contributed by atoms with van der Waals surface area (Å²) in [6.45, 7) is 3.09. The summed E-state index contributed by atoms with van der Waals surface area (Å²) in [6, 6.07) is 5.70. The van der Waals surface area contributed by atoms with Gasteiger partial charge in [-0.25, -0.2) is 4.98 Å². The van der Waals surface area contributed by atoms with Crippen molar-refractivity contribution in [2.75, 3.05) is 18.8 Å². The van der Waals surface area contributed by atoms with Gasteiger partial charge in [0.05, 0.1) is 12.2 Å². The van der Waals surface area contributed by atoms with Gasteiger partial charge in [-0.05, 0) is 38.1 Å². The zero-order valence-electron chi connectivity index (χ0n) is 11.3. The molecule has 19 heavy (non-hydrogen) atoms. The zero-order valence-corrected chi connectivity index (χ0v) is 11.3. The van der Waals surface area contributed by atoms with Gasteiger partial charge in [-0.3, -0.25) is 4.90 Å². The molecule has 0 spiro atoms. The molecule has 1 aromatic heterocycles. The molecule has 2 heterocycles. The number of rotatable bonds is 2. The van der Waals surface area contributed by atoms with Gasteiger partial charge >= 0.3 is 0 Å². The van der Waals surface area contributed by atoms with E-state index in [4.69, 9.17) is 10.2 Å². The summed E-state index contributed by atoms with van der Waals surface area (Å²) in [5.41, 5.74) is 8.20. The second-order valence-electron chi connectivity index (χ2n) is 5.35. The predicted octanol–water partition coefficient (Wildman–Crippen LogP) is 3.18. The van der Waals surface area contributed by atoms with E-state index in [0.717, 1.165) is 36.6 Å². The SMILES string of the molecule is Nc1cccc2oc(CN3CCCCCCC3)nc12. The Morgan fingerprint density at radius 2 is 1.84 bits per heavy atom. The lowest BCUT2D eigenvalue weighted by Crippen LogP contribution is -2.26. The van der Waals surface area contributed by atoms with Gasteiger partial charge in [-0.1, -0.05) is 25.3 Å². The van der Waals surface area contributed by atoms with Gasteiger partial charge in [0.1, 0.15) is 5.52 Å². The molecule has 4 heteroatoms. The number of nitrogens with zero attached hydrogens (tertiary/aromatic N) is 2. The van der Waals surface area contributed by atoms with Crippen LogP contribution in [0.1, 0.15) is 38.0 Å². The third-order valence-electron chi connectivity index (χ3n) is 3.80. The second-order valence-corrected chi connectivity index (χ2v) is 5.35. The first-order valence-corrected chi connectivity index (χ1v) is 7.19. The predicted molar refractivity (Wildman–Crippen MR) is 76.8 cm³/mol. The summed E-state index contributed by atoms with van der Waals surface area (Å²) >= 11 is 0. The van der Waals surface area contributed by atoms with Gasteiger partial charge in [0.15, 0.2) is 5.58 Å². The average Bonchev–Trinajstić information content (AvgIpc) is 2.76. The third-order valence-corrected chi connectivity index (χ3v) is 3.80. The Morgan fingerprint density at radius 3 is 2.58 bits per heavy atom. The van der Waals surface area contributed by atoms with E-state index in [1.54, 1.807) is 0 Å². The van der Waals surface area contributed by atoms with E-state index >= 15 is 0 Å². The summed E-state index contributed by atoms with van der Waals surface area (Å²) in [5.74, 6) is 0.786. The molecule has 1 aromatic carbocycles. The number of nitrogens with two attached hydrogens (primary N) is 1. The number of fused-ring (bicyclic) bond motifs is 1. The quantitative estimate of drug-likeness (QED) is 0.842. The number of oxazole rings is 1. The van der Waals surface area contributed by atoms with Crippen LogP contribution in [0.2, 0.25) is 0 Å². The van der Waals surface area contributed by atoms with Crippen molar-refractivity contribution in [1.82, 2.24) is 9.88 Å². The number of para-hydroxylation sites is 1. The van der Waals surface area contributed by atoms with Gasteiger partial charge in [-0.2, -0.15) is 0 Å². The largest absolute Gasteiger partial charge is 0.439 e. The maximum atomic E-state index is 5.91. The first-order chi connectivity index (χ1) is 9.33. The van der Waals surface area contributed by atoms with E-state index in [1.165, 1.54) is 32.1 Å². The number of aromatic nitrogens is 1. The highest BCUT2D eigenvalue weighted by Gasteiger charge is 2.13. The lowest BCUT2D eigenvalue weighted by molar-refractivity contribution is 0.220. The Hall–Kier alpha value is -1.55. The van der Waals surface area contributed by atoms with E-state index in [-0.39, 0.29) is 0 Å². The van der Waals surface area contributed by atoms with Crippen molar-refractivity contribution in [3.63, 3.8) is 0 Å². The number of anilines is 1. The fourth-order valence-corrected chi connectivity index (χ4v) is 2.75. The molecule has 102 valence electrons. The molecule has 1 aliphatic heterocycles. The maximum absolute atomic E-state index is 5.91. The van der Waals surface area contributed by atoms with E-state index < -0.39 is 0 Å². The Morgan fingerprint density at radius 1 is 1.11 bits per heavy atom. The van der Waals surface area contributed by atoms with E-state index in [9.17, 15) is 0 Å². The number of benzene rings is 1. The Kier molecular flexibility index (Phi) is 3.69. The molecule has 0 bridgehead atoms. The fourth-order valence-electron chi connectivity index (χ4n) is 2.75. The van der Waals surface area contributed by atoms with Crippen LogP contribution in [0.3, 0.4) is 0 Å². The normalized spacial score (nSPS) is 18.3. The number of nitrogen functional groups attached to an aromatic ring is 1.